The molecule has 1 aliphatic carbocycles. The highest BCUT2D eigenvalue weighted by atomic mass is 14.9. The molecule has 0 bridgehead atoms. The minimum Gasteiger partial charge on any atom is -0.201 e. The van der Waals surface area contributed by atoms with E-state index in [0.29, 0.717) is 17.5 Å². The number of fused-ring (bicyclic) bond motifs is 3. The summed E-state index contributed by atoms with van der Waals surface area (Å²) < 4.78 is 47.6. The summed E-state index contributed by atoms with van der Waals surface area (Å²) in [7, 11) is 1.86. The Labute approximate surface area is 146 Å². The quantitative estimate of drug-likeness (QED) is 0.450. The third-order valence-electron chi connectivity index (χ3n) is 4.77. The Morgan fingerprint density at radius 3 is 2.43 bits per heavy atom. The number of hydrogen-bond acceptors (Lipinski definition) is 0. The van der Waals surface area contributed by atoms with Crippen molar-refractivity contribution in [3.8, 4) is 22.4 Å². The number of pyridine rings is 1. The lowest BCUT2D eigenvalue weighted by Gasteiger charge is -2.10. The van der Waals surface area contributed by atoms with Gasteiger partial charge in [-0.25, -0.2) is 4.57 Å². The molecule has 114 valence electrons. The van der Waals surface area contributed by atoms with E-state index in [4.69, 9.17) is 8.22 Å². The Morgan fingerprint density at radius 2 is 1.65 bits per heavy atom. The van der Waals surface area contributed by atoms with Crippen LogP contribution in [0.15, 0.2) is 48.7 Å². The van der Waals surface area contributed by atoms with Gasteiger partial charge in [0.1, 0.15) is 7.05 Å². The molecule has 1 nitrogen and oxygen atoms in total. The number of aromatic nitrogens is 1. The number of nitrogens with zero attached hydrogens (tertiary/aromatic N) is 1. The van der Waals surface area contributed by atoms with Crippen molar-refractivity contribution in [2.75, 3.05) is 0 Å². The van der Waals surface area contributed by atoms with E-state index in [1.807, 2.05) is 23.7 Å². The van der Waals surface area contributed by atoms with Gasteiger partial charge in [-0.3, -0.25) is 0 Å². The predicted octanol–water partition coefficient (Wildman–Crippen LogP) is 4.67. The van der Waals surface area contributed by atoms with Crippen LogP contribution in [0.25, 0.3) is 22.4 Å². The molecule has 0 unspecified atom stereocenters. The maximum atomic E-state index is 7.66. The molecule has 1 heteroatoms. The monoisotopic (exact) mass is 306 g/mol. The van der Waals surface area contributed by atoms with Crippen LogP contribution in [0, 0.1) is 20.6 Å². The molecule has 0 radical (unpaired) electrons. The Kier molecular flexibility index (Phi) is 1.98. The molecule has 0 N–H and O–H groups in total. The first-order chi connectivity index (χ1) is 13.5. The van der Waals surface area contributed by atoms with Gasteiger partial charge in [0.15, 0.2) is 6.20 Å². The fourth-order valence-electron chi connectivity index (χ4n) is 3.59. The van der Waals surface area contributed by atoms with Gasteiger partial charge in [-0.15, -0.1) is 0 Å². The molecule has 0 fully saturated rings. The van der Waals surface area contributed by atoms with Crippen molar-refractivity contribution in [1.29, 1.82) is 0 Å². The lowest BCUT2D eigenvalue weighted by Crippen LogP contribution is -2.31. The largest absolute Gasteiger partial charge is 0.212 e. The second kappa shape index (κ2) is 5.06. The zero-order chi connectivity index (χ0) is 21.1. The van der Waals surface area contributed by atoms with Gasteiger partial charge in [0, 0.05) is 25.4 Å². The average Bonchev–Trinajstić information content (AvgIpc) is 3.00. The fourth-order valence-corrected chi connectivity index (χ4v) is 3.59. The molecule has 0 spiro atoms. The molecule has 23 heavy (non-hydrogen) atoms. The topological polar surface area (TPSA) is 3.88 Å². The molecule has 1 aliphatic rings. The molecule has 1 aromatic heterocycles. The summed E-state index contributed by atoms with van der Waals surface area (Å²) in [5.41, 5.74) is 8.26. The zero-order valence-electron chi connectivity index (χ0n) is 19.3. The number of hydrogen-bond donors (Lipinski definition) is 0. The van der Waals surface area contributed by atoms with Crippen LogP contribution < -0.4 is 4.57 Å². The lowest BCUT2D eigenvalue weighted by atomic mass is 9.95. The van der Waals surface area contributed by atoms with Crippen LogP contribution in [-0.2, 0) is 13.5 Å². The summed E-state index contributed by atoms with van der Waals surface area (Å²) in [6, 6.07) is 13.1. The maximum absolute atomic E-state index is 7.66. The van der Waals surface area contributed by atoms with Gasteiger partial charge in [0.05, 0.1) is 0 Å². The Hall–Kier alpha value is -2.41. The molecule has 1 heterocycles. The summed E-state index contributed by atoms with van der Waals surface area (Å²) in [6.45, 7) is -2.17. The smallest absolute Gasteiger partial charge is 0.201 e. The zero-order valence-corrected chi connectivity index (χ0v) is 13.3. The molecular formula is C22H22N+. The van der Waals surface area contributed by atoms with Crippen molar-refractivity contribution in [2.45, 2.75) is 27.0 Å². The first-order valence-corrected chi connectivity index (χ1v) is 7.73. The second-order valence-corrected chi connectivity index (χ2v) is 6.23. The Balaban J connectivity index is 1.78. The first kappa shape index (κ1) is 9.02. The Bertz CT molecular complexity index is 1130. The summed E-state index contributed by atoms with van der Waals surface area (Å²) in [5.74, 6) is 0. The van der Waals surface area contributed by atoms with Crippen molar-refractivity contribution in [3.63, 3.8) is 0 Å². The van der Waals surface area contributed by atoms with E-state index >= 15 is 0 Å². The minimum absolute atomic E-state index is 0.312. The molecule has 0 saturated carbocycles. The molecule has 0 amide bonds. The molecule has 4 rings (SSSR count). The molecule has 3 aromatic rings. The van der Waals surface area contributed by atoms with Crippen molar-refractivity contribution >= 4 is 0 Å². The molecular weight excluding hydrogens is 278 g/mol. The van der Waals surface area contributed by atoms with Crippen LogP contribution in [0.3, 0.4) is 0 Å². The molecule has 0 aliphatic heterocycles. The standard InChI is InChI=1S/C22H22N/c1-14-5-7-19-17(11-14)12-21-16(3)18(8-9-20(19)21)22-10-6-15(2)13-23(22)4/h5-11,13H,12H2,1-4H3/q+1/i1D3,2D3. The van der Waals surface area contributed by atoms with E-state index in [0.717, 1.165) is 33.5 Å². The summed E-state index contributed by atoms with van der Waals surface area (Å²) in [6.07, 6.45) is 2.36. The van der Waals surface area contributed by atoms with Crippen LogP contribution in [0.1, 0.15) is 36.0 Å². The summed E-state index contributed by atoms with van der Waals surface area (Å²) >= 11 is 0. The van der Waals surface area contributed by atoms with E-state index in [9.17, 15) is 0 Å². The summed E-state index contributed by atoms with van der Waals surface area (Å²) in [4.78, 5) is 0. The van der Waals surface area contributed by atoms with Crippen LogP contribution >= 0.6 is 0 Å². The van der Waals surface area contributed by atoms with Crippen LogP contribution in [0.5, 0.6) is 0 Å². The molecule has 2 aromatic carbocycles. The fraction of sp³-hybridized carbons (Fsp3) is 0.227. The van der Waals surface area contributed by atoms with E-state index in [1.54, 1.807) is 24.4 Å². The maximum Gasteiger partial charge on any atom is 0.212 e. The highest BCUT2D eigenvalue weighted by Crippen LogP contribution is 2.41. The van der Waals surface area contributed by atoms with Crippen LogP contribution in [0.2, 0.25) is 0 Å². The summed E-state index contributed by atoms with van der Waals surface area (Å²) in [5, 5.41) is 0. The van der Waals surface area contributed by atoms with Crippen molar-refractivity contribution in [1.82, 2.24) is 0 Å². The van der Waals surface area contributed by atoms with Gasteiger partial charge in [-0.05, 0) is 67.0 Å². The van der Waals surface area contributed by atoms with Gasteiger partial charge >= 0.3 is 0 Å². The third-order valence-corrected chi connectivity index (χ3v) is 4.77. The average molecular weight is 306 g/mol. The SMILES string of the molecule is [2H]C([2H])([2H])c1ccc2c(c1)Cc1c-2ccc(-c2ccc(C([2H])([2H])[2H])c[n+]2C)c1C. The van der Waals surface area contributed by atoms with Gasteiger partial charge in [-0.1, -0.05) is 29.8 Å². The third kappa shape index (κ3) is 2.19. The first-order valence-electron chi connectivity index (χ1n) is 10.7. The molecule has 0 saturated heterocycles. The van der Waals surface area contributed by atoms with Gasteiger partial charge in [0.2, 0.25) is 5.69 Å². The van der Waals surface area contributed by atoms with Gasteiger partial charge in [-0.2, -0.15) is 0 Å². The predicted molar refractivity (Wildman–Crippen MR) is 95.5 cm³/mol. The Morgan fingerprint density at radius 1 is 0.913 bits per heavy atom. The lowest BCUT2D eigenvalue weighted by molar-refractivity contribution is -0.660. The van der Waals surface area contributed by atoms with Crippen molar-refractivity contribution < 1.29 is 12.8 Å². The van der Waals surface area contributed by atoms with Crippen molar-refractivity contribution in [2.24, 2.45) is 7.05 Å². The molecule has 0 atom stereocenters. The normalized spacial score (nSPS) is 17.1. The van der Waals surface area contributed by atoms with E-state index < -0.39 is 13.7 Å². The van der Waals surface area contributed by atoms with Crippen LogP contribution in [-0.4, -0.2) is 0 Å². The van der Waals surface area contributed by atoms with Gasteiger partial charge in [0.25, 0.3) is 0 Å². The van der Waals surface area contributed by atoms with Crippen LogP contribution in [0.4, 0.5) is 0 Å². The van der Waals surface area contributed by atoms with E-state index in [-0.39, 0.29) is 0 Å². The van der Waals surface area contributed by atoms with Gasteiger partial charge < -0.3 is 0 Å². The number of rotatable bonds is 1. The van der Waals surface area contributed by atoms with E-state index in [2.05, 4.69) is 19.1 Å². The second-order valence-electron chi connectivity index (χ2n) is 6.23. The highest BCUT2D eigenvalue weighted by Gasteiger charge is 2.23. The minimum atomic E-state index is -2.13. The number of benzene rings is 2. The number of aryl methyl sites for hydroxylation is 3. The van der Waals surface area contributed by atoms with E-state index in [1.165, 1.54) is 5.56 Å². The van der Waals surface area contributed by atoms with Crippen molar-refractivity contribution in [3.05, 3.63) is 76.5 Å². The highest BCUT2D eigenvalue weighted by molar-refractivity contribution is 5.82.